The topological polar surface area (TPSA) is 51.8 Å². The van der Waals surface area contributed by atoms with Gasteiger partial charge in [0.15, 0.2) is 5.82 Å². The molecule has 1 aromatic carbocycles. The lowest BCUT2D eigenvalue weighted by Crippen LogP contribution is -2.22. The van der Waals surface area contributed by atoms with Crippen LogP contribution < -0.4 is 5.73 Å². The van der Waals surface area contributed by atoms with Gasteiger partial charge in [-0.2, -0.15) is 0 Å². The molecule has 0 aliphatic rings. The normalized spacial score (nSPS) is 12.4. The molecule has 0 saturated carbocycles. The summed E-state index contributed by atoms with van der Waals surface area (Å²) in [5, 5.41) is 0.711. The number of hydrogen-bond acceptors (Lipinski definition) is 3. The van der Waals surface area contributed by atoms with Crippen LogP contribution in [0.3, 0.4) is 0 Å². The average molecular weight is 262 g/mol. The maximum Gasteiger partial charge on any atom is 0.159 e. The first kappa shape index (κ1) is 13.0. The molecule has 2 N–H and O–H groups in total. The number of nitrogens with two attached hydrogens (primary N) is 1. The van der Waals surface area contributed by atoms with Crippen molar-refractivity contribution < 1.29 is 0 Å². The molecule has 3 nitrogen and oxygen atoms in total. The SMILES string of the molecule is CCC(N)Cc1ccnc(-c2ccc(Cl)cc2)n1. The van der Waals surface area contributed by atoms with Crippen LogP contribution in [0.25, 0.3) is 11.4 Å². The van der Waals surface area contributed by atoms with Crippen LogP contribution in [-0.2, 0) is 6.42 Å². The van der Waals surface area contributed by atoms with Crippen molar-refractivity contribution in [3.05, 3.63) is 47.2 Å². The smallest absolute Gasteiger partial charge is 0.159 e. The fourth-order valence-electron chi connectivity index (χ4n) is 1.66. The number of hydrogen-bond donors (Lipinski definition) is 1. The van der Waals surface area contributed by atoms with E-state index in [1.807, 2.05) is 30.3 Å². The molecule has 0 fully saturated rings. The molecule has 0 amide bonds. The Morgan fingerprint density at radius 2 is 1.94 bits per heavy atom. The van der Waals surface area contributed by atoms with Gasteiger partial charge >= 0.3 is 0 Å². The first-order valence-corrected chi connectivity index (χ1v) is 6.40. The van der Waals surface area contributed by atoms with Crippen LogP contribution in [0.1, 0.15) is 19.0 Å². The maximum atomic E-state index is 5.94. The van der Waals surface area contributed by atoms with Gasteiger partial charge in [0.05, 0.1) is 0 Å². The van der Waals surface area contributed by atoms with E-state index in [4.69, 9.17) is 17.3 Å². The van der Waals surface area contributed by atoms with Gasteiger partial charge in [0.25, 0.3) is 0 Å². The molecule has 0 aliphatic carbocycles. The molecule has 0 aliphatic heterocycles. The van der Waals surface area contributed by atoms with Crippen molar-refractivity contribution in [1.82, 2.24) is 9.97 Å². The summed E-state index contributed by atoms with van der Waals surface area (Å²) >= 11 is 5.86. The predicted octanol–water partition coefficient (Wildman–Crippen LogP) is 3.08. The van der Waals surface area contributed by atoms with E-state index in [1.54, 1.807) is 6.20 Å². The Balaban J connectivity index is 2.24. The fourth-order valence-corrected chi connectivity index (χ4v) is 1.79. The quantitative estimate of drug-likeness (QED) is 0.920. The zero-order valence-corrected chi connectivity index (χ0v) is 11.1. The summed E-state index contributed by atoms with van der Waals surface area (Å²) < 4.78 is 0. The number of rotatable bonds is 4. The standard InChI is InChI=1S/C14H16ClN3/c1-2-12(16)9-13-7-8-17-14(18-13)10-3-5-11(15)6-4-10/h3-8,12H,2,9,16H2,1H3. The zero-order chi connectivity index (χ0) is 13.0. The molecule has 1 aromatic heterocycles. The molecule has 0 spiro atoms. The van der Waals surface area contributed by atoms with Crippen LogP contribution in [0.5, 0.6) is 0 Å². The van der Waals surface area contributed by atoms with Crippen molar-refractivity contribution in [2.75, 3.05) is 0 Å². The fraction of sp³-hybridized carbons (Fsp3) is 0.286. The third-order valence-electron chi connectivity index (χ3n) is 2.81. The van der Waals surface area contributed by atoms with E-state index in [0.717, 1.165) is 24.1 Å². The highest BCUT2D eigenvalue weighted by molar-refractivity contribution is 6.30. The summed E-state index contributed by atoms with van der Waals surface area (Å²) in [6.07, 6.45) is 3.49. The van der Waals surface area contributed by atoms with Crippen molar-refractivity contribution in [2.24, 2.45) is 5.73 Å². The van der Waals surface area contributed by atoms with Crippen molar-refractivity contribution >= 4 is 11.6 Å². The van der Waals surface area contributed by atoms with Crippen molar-refractivity contribution in [1.29, 1.82) is 0 Å². The minimum atomic E-state index is 0.151. The first-order chi connectivity index (χ1) is 8.69. The van der Waals surface area contributed by atoms with Crippen LogP contribution in [0.4, 0.5) is 0 Å². The van der Waals surface area contributed by atoms with Crippen LogP contribution >= 0.6 is 11.6 Å². The van der Waals surface area contributed by atoms with Crippen molar-refractivity contribution in [3.8, 4) is 11.4 Å². The molecular weight excluding hydrogens is 246 g/mol. The second kappa shape index (κ2) is 5.94. The molecule has 94 valence electrons. The molecular formula is C14H16ClN3. The third kappa shape index (κ3) is 3.28. The van der Waals surface area contributed by atoms with Gasteiger partial charge in [0.1, 0.15) is 0 Å². The van der Waals surface area contributed by atoms with E-state index in [-0.39, 0.29) is 6.04 Å². The molecule has 0 radical (unpaired) electrons. The molecule has 18 heavy (non-hydrogen) atoms. The highest BCUT2D eigenvalue weighted by Gasteiger charge is 2.06. The van der Waals surface area contributed by atoms with Crippen LogP contribution in [-0.4, -0.2) is 16.0 Å². The Morgan fingerprint density at radius 1 is 1.22 bits per heavy atom. The molecule has 2 aromatic rings. The van der Waals surface area contributed by atoms with Gasteiger partial charge in [-0.25, -0.2) is 9.97 Å². The van der Waals surface area contributed by atoms with E-state index in [2.05, 4.69) is 16.9 Å². The lowest BCUT2D eigenvalue weighted by atomic mass is 10.1. The van der Waals surface area contributed by atoms with E-state index in [0.29, 0.717) is 10.8 Å². The number of nitrogens with zero attached hydrogens (tertiary/aromatic N) is 2. The minimum Gasteiger partial charge on any atom is -0.327 e. The third-order valence-corrected chi connectivity index (χ3v) is 3.06. The number of aromatic nitrogens is 2. The zero-order valence-electron chi connectivity index (χ0n) is 10.3. The summed E-state index contributed by atoms with van der Waals surface area (Å²) in [6, 6.07) is 9.57. The maximum absolute atomic E-state index is 5.94. The second-order valence-corrected chi connectivity index (χ2v) is 4.69. The molecule has 4 heteroatoms. The highest BCUT2D eigenvalue weighted by Crippen LogP contribution is 2.18. The first-order valence-electron chi connectivity index (χ1n) is 6.02. The molecule has 2 rings (SSSR count). The number of benzene rings is 1. The highest BCUT2D eigenvalue weighted by atomic mass is 35.5. The lowest BCUT2D eigenvalue weighted by molar-refractivity contribution is 0.636. The van der Waals surface area contributed by atoms with E-state index in [1.165, 1.54) is 0 Å². The van der Waals surface area contributed by atoms with Crippen molar-refractivity contribution in [3.63, 3.8) is 0 Å². The summed E-state index contributed by atoms with van der Waals surface area (Å²) in [5.74, 6) is 0.715. The van der Waals surface area contributed by atoms with E-state index in [9.17, 15) is 0 Å². The molecule has 1 unspecified atom stereocenters. The second-order valence-electron chi connectivity index (χ2n) is 4.25. The Kier molecular flexibility index (Phi) is 4.28. The summed E-state index contributed by atoms with van der Waals surface area (Å²) in [6.45, 7) is 2.08. The van der Waals surface area contributed by atoms with E-state index >= 15 is 0 Å². The lowest BCUT2D eigenvalue weighted by Gasteiger charge is -2.08. The Morgan fingerprint density at radius 3 is 2.61 bits per heavy atom. The summed E-state index contributed by atoms with van der Waals surface area (Å²) in [7, 11) is 0. The average Bonchev–Trinajstić information content (AvgIpc) is 2.40. The van der Waals surface area contributed by atoms with Gasteiger partial charge in [-0.15, -0.1) is 0 Å². The van der Waals surface area contributed by atoms with Gasteiger partial charge in [-0.3, -0.25) is 0 Å². The molecule has 0 bridgehead atoms. The van der Waals surface area contributed by atoms with Gasteiger partial charge < -0.3 is 5.73 Å². The number of halogens is 1. The summed E-state index contributed by atoms with van der Waals surface area (Å²) in [5.41, 5.74) is 7.88. The molecule has 1 heterocycles. The predicted molar refractivity (Wildman–Crippen MR) is 74.4 cm³/mol. The monoisotopic (exact) mass is 261 g/mol. The molecule has 1 atom stereocenters. The van der Waals surface area contributed by atoms with Crippen LogP contribution in [0, 0.1) is 0 Å². The van der Waals surface area contributed by atoms with Crippen LogP contribution in [0.15, 0.2) is 36.5 Å². The van der Waals surface area contributed by atoms with Crippen molar-refractivity contribution in [2.45, 2.75) is 25.8 Å². The Bertz CT molecular complexity index is 511. The van der Waals surface area contributed by atoms with Gasteiger partial charge in [0.2, 0.25) is 0 Å². The molecule has 0 saturated heterocycles. The van der Waals surface area contributed by atoms with Crippen LogP contribution in [0.2, 0.25) is 5.02 Å². The minimum absolute atomic E-state index is 0.151. The van der Waals surface area contributed by atoms with E-state index < -0.39 is 0 Å². The van der Waals surface area contributed by atoms with Gasteiger partial charge in [-0.1, -0.05) is 18.5 Å². The Hall–Kier alpha value is -1.45. The van der Waals surface area contributed by atoms with Gasteiger partial charge in [0, 0.05) is 34.9 Å². The largest absolute Gasteiger partial charge is 0.327 e. The van der Waals surface area contributed by atoms with Gasteiger partial charge in [-0.05, 0) is 36.8 Å². The summed E-state index contributed by atoms with van der Waals surface area (Å²) in [4.78, 5) is 8.80. The Labute approximate surface area is 112 Å².